The lowest BCUT2D eigenvalue weighted by Crippen LogP contribution is -2.42. The summed E-state index contributed by atoms with van der Waals surface area (Å²) in [7, 11) is -3.41. The molecule has 8 heteroatoms. The summed E-state index contributed by atoms with van der Waals surface area (Å²) in [5.41, 5.74) is 0.874. The van der Waals surface area contributed by atoms with E-state index in [2.05, 4.69) is 5.32 Å². The summed E-state index contributed by atoms with van der Waals surface area (Å²) in [5, 5.41) is 3.81. The fourth-order valence-corrected chi connectivity index (χ4v) is 3.43. The summed E-state index contributed by atoms with van der Waals surface area (Å²) < 4.78 is 24.6. The molecule has 0 saturated carbocycles. The molecule has 0 aliphatic carbocycles. The van der Waals surface area contributed by atoms with Crippen molar-refractivity contribution in [2.45, 2.75) is 20.3 Å². The van der Waals surface area contributed by atoms with Gasteiger partial charge in [0.25, 0.3) is 0 Å². The highest BCUT2D eigenvalue weighted by molar-refractivity contribution is 7.88. The predicted octanol–water partition coefficient (Wildman–Crippen LogP) is 2.57. The van der Waals surface area contributed by atoms with E-state index in [1.807, 2.05) is 13.8 Å². The lowest BCUT2D eigenvalue weighted by atomic mass is 10.1. The molecule has 1 amide bonds. The first-order valence-corrected chi connectivity index (χ1v) is 9.85. The van der Waals surface area contributed by atoms with E-state index in [4.69, 9.17) is 23.2 Å². The van der Waals surface area contributed by atoms with Crippen LogP contribution in [-0.2, 0) is 21.2 Å². The van der Waals surface area contributed by atoms with Crippen LogP contribution >= 0.6 is 23.2 Å². The van der Waals surface area contributed by atoms with Gasteiger partial charge in [-0.2, -0.15) is 4.31 Å². The Labute approximate surface area is 148 Å². The molecule has 0 unspecified atom stereocenters. The number of nitrogens with one attached hydrogen (secondary N) is 1. The van der Waals surface area contributed by atoms with Crippen LogP contribution in [0.5, 0.6) is 0 Å². The van der Waals surface area contributed by atoms with Crippen LogP contribution in [0.1, 0.15) is 19.4 Å². The Bertz CT molecular complexity index is 648. The van der Waals surface area contributed by atoms with Gasteiger partial charge in [-0.25, -0.2) is 8.42 Å². The second kappa shape index (κ2) is 8.87. The first-order valence-electron chi connectivity index (χ1n) is 7.25. The van der Waals surface area contributed by atoms with Gasteiger partial charge in [-0.3, -0.25) is 4.79 Å². The number of sulfonamides is 1. The monoisotopic (exact) mass is 380 g/mol. The first kappa shape index (κ1) is 20.2. The quantitative estimate of drug-likeness (QED) is 0.753. The molecule has 1 aromatic rings. The van der Waals surface area contributed by atoms with Gasteiger partial charge in [0.2, 0.25) is 15.9 Å². The highest BCUT2D eigenvalue weighted by atomic mass is 35.5. The molecule has 1 aromatic carbocycles. The molecule has 23 heavy (non-hydrogen) atoms. The minimum Gasteiger partial charge on any atom is -0.355 e. The smallest absolute Gasteiger partial charge is 0.235 e. The maximum absolute atomic E-state index is 11.9. The second-order valence-electron chi connectivity index (χ2n) is 5.79. The molecule has 0 atom stereocenters. The molecular formula is C15H22Cl2N2O3S. The SMILES string of the molecule is CC(C)CN(CC(=O)NCCc1ccc(Cl)cc1Cl)S(C)(=O)=O. The molecule has 0 spiro atoms. The highest BCUT2D eigenvalue weighted by Gasteiger charge is 2.20. The fraction of sp³-hybridized carbons (Fsp3) is 0.533. The Morgan fingerprint density at radius 2 is 1.96 bits per heavy atom. The van der Waals surface area contributed by atoms with Gasteiger partial charge in [0.1, 0.15) is 0 Å². The van der Waals surface area contributed by atoms with Crippen LogP contribution in [0.3, 0.4) is 0 Å². The van der Waals surface area contributed by atoms with Crippen molar-refractivity contribution in [3.05, 3.63) is 33.8 Å². The summed E-state index contributed by atoms with van der Waals surface area (Å²) in [5.74, 6) is -0.188. The summed E-state index contributed by atoms with van der Waals surface area (Å²) in [6.07, 6.45) is 1.65. The van der Waals surface area contributed by atoms with E-state index >= 15 is 0 Å². The number of nitrogens with zero attached hydrogens (tertiary/aromatic N) is 1. The largest absolute Gasteiger partial charge is 0.355 e. The molecule has 0 aliphatic heterocycles. The maximum atomic E-state index is 11.9. The number of hydrogen-bond donors (Lipinski definition) is 1. The third-order valence-corrected chi connectivity index (χ3v) is 4.89. The van der Waals surface area contributed by atoms with Crippen LogP contribution < -0.4 is 5.32 Å². The molecule has 130 valence electrons. The number of carbonyl (C=O) groups is 1. The van der Waals surface area contributed by atoms with E-state index in [0.717, 1.165) is 11.8 Å². The van der Waals surface area contributed by atoms with Gasteiger partial charge in [0.15, 0.2) is 0 Å². The molecule has 1 N–H and O–H groups in total. The molecule has 0 fully saturated rings. The first-order chi connectivity index (χ1) is 10.6. The number of benzene rings is 1. The van der Waals surface area contributed by atoms with E-state index in [0.29, 0.717) is 29.6 Å². The summed E-state index contributed by atoms with van der Waals surface area (Å²) in [6.45, 7) is 4.32. The van der Waals surface area contributed by atoms with Crippen molar-refractivity contribution in [1.82, 2.24) is 9.62 Å². The van der Waals surface area contributed by atoms with Gasteiger partial charge in [-0.15, -0.1) is 0 Å². The molecule has 0 saturated heterocycles. The van der Waals surface area contributed by atoms with Crippen molar-refractivity contribution >= 4 is 39.1 Å². The predicted molar refractivity (Wildman–Crippen MR) is 94.4 cm³/mol. The summed E-state index contributed by atoms with van der Waals surface area (Å²) in [6, 6.07) is 5.19. The molecule has 5 nitrogen and oxygen atoms in total. The Hall–Kier alpha value is -0.820. The van der Waals surface area contributed by atoms with Crippen molar-refractivity contribution in [2.24, 2.45) is 5.92 Å². The van der Waals surface area contributed by atoms with Crippen LogP contribution in [0.2, 0.25) is 10.0 Å². The van der Waals surface area contributed by atoms with Gasteiger partial charge < -0.3 is 5.32 Å². The Balaban J connectivity index is 2.52. The highest BCUT2D eigenvalue weighted by Crippen LogP contribution is 2.21. The van der Waals surface area contributed by atoms with Gasteiger partial charge in [0.05, 0.1) is 12.8 Å². The summed E-state index contributed by atoms with van der Waals surface area (Å²) in [4.78, 5) is 11.9. The molecule has 0 aromatic heterocycles. The molecular weight excluding hydrogens is 359 g/mol. The van der Waals surface area contributed by atoms with Crippen LogP contribution in [0, 0.1) is 5.92 Å². The number of halogens is 2. The average Bonchev–Trinajstić information content (AvgIpc) is 2.39. The van der Waals surface area contributed by atoms with E-state index in [-0.39, 0.29) is 18.4 Å². The van der Waals surface area contributed by atoms with E-state index < -0.39 is 10.0 Å². The Morgan fingerprint density at radius 3 is 2.48 bits per heavy atom. The molecule has 0 aliphatic rings. The topological polar surface area (TPSA) is 66.5 Å². The van der Waals surface area contributed by atoms with Crippen molar-refractivity contribution in [2.75, 3.05) is 25.9 Å². The zero-order valence-electron chi connectivity index (χ0n) is 13.5. The Kier molecular flexibility index (Phi) is 7.80. The summed E-state index contributed by atoms with van der Waals surface area (Å²) >= 11 is 11.9. The Morgan fingerprint density at radius 1 is 1.30 bits per heavy atom. The standard InChI is InChI=1S/C15H22Cl2N2O3S/c1-11(2)9-19(23(3,21)22)10-15(20)18-7-6-12-4-5-13(16)8-14(12)17/h4-5,8,11H,6-7,9-10H2,1-3H3,(H,18,20). The van der Waals surface area contributed by atoms with Gasteiger partial charge in [-0.1, -0.05) is 43.1 Å². The third-order valence-electron chi connectivity index (χ3n) is 3.09. The second-order valence-corrected chi connectivity index (χ2v) is 8.61. The van der Waals surface area contributed by atoms with Crippen LogP contribution in [0.25, 0.3) is 0 Å². The third kappa shape index (κ3) is 7.52. The van der Waals surface area contributed by atoms with Crippen LogP contribution in [-0.4, -0.2) is 44.5 Å². The molecule has 0 heterocycles. The van der Waals surface area contributed by atoms with Crippen molar-refractivity contribution < 1.29 is 13.2 Å². The number of hydrogen-bond acceptors (Lipinski definition) is 3. The van der Waals surface area contributed by atoms with Crippen molar-refractivity contribution in [3.63, 3.8) is 0 Å². The van der Waals surface area contributed by atoms with Crippen LogP contribution in [0.4, 0.5) is 0 Å². The minimum atomic E-state index is -3.41. The number of carbonyl (C=O) groups excluding carboxylic acids is 1. The van der Waals surface area contributed by atoms with E-state index in [1.165, 1.54) is 4.31 Å². The van der Waals surface area contributed by atoms with E-state index in [1.54, 1.807) is 18.2 Å². The van der Waals surface area contributed by atoms with Gasteiger partial charge in [0, 0.05) is 23.1 Å². The fourth-order valence-electron chi connectivity index (χ4n) is 2.00. The zero-order chi connectivity index (χ0) is 17.6. The lowest BCUT2D eigenvalue weighted by molar-refractivity contribution is -0.121. The van der Waals surface area contributed by atoms with E-state index in [9.17, 15) is 13.2 Å². The minimum absolute atomic E-state index is 0.144. The molecule has 1 rings (SSSR count). The normalized spacial score (nSPS) is 12.0. The molecule has 0 bridgehead atoms. The number of rotatable bonds is 8. The van der Waals surface area contributed by atoms with Gasteiger partial charge >= 0.3 is 0 Å². The van der Waals surface area contributed by atoms with Crippen molar-refractivity contribution in [1.29, 1.82) is 0 Å². The average molecular weight is 381 g/mol. The lowest BCUT2D eigenvalue weighted by Gasteiger charge is -2.21. The van der Waals surface area contributed by atoms with Crippen molar-refractivity contribution in [3.8, 4) is 0 Å². The van der Waals surface area contributed by atoms with Crippen LogP contribution in [0.15, 0.2) is 18.2 Å². The maximum Gasteiger partial charge on any atom is 0.235 e. The van der Waals surface area contributed by atoms with Gasteiger partial charge in [-0.05, 0) is 30.0 Å². The molecule has 0 radical (unpaired) electrons. The zero-order valence-corrected chi connectivity index (χ0v) is 15.8. The number of amides is 1.